The van der Waals surface area contributed by atoms with E-state index in [4.69, 9.17) is 4.74 Å². The molecule has 9 heteroatoms. The van der Waals surface area contributed by atoms with Crippen LogP contribution >= 0.6 is 24.0 Å². The summed E-state index contributed by atoms with van der Waals surface area (Å²) < 4.78 is 31.9. The molecular formula is C23H31F2IN4O2. The quantitative estimate of drug-likeness (QED) is 0.262. The zero-order valence-electron chi connectivity index (χ0n) is 18.1. The number of anilines is 1. The predicted octanol–water partition coefficient (Wildman–Crippen LogP) is 3.55. The lowest BCUT2D eigenvalue weighted by Crippen LogP contribution is -2.49. The molecule has 3 rings (SSSR count). The number of aliphatic hydroxyl groups excluding tert-OH is 1. The Morgan fingerprint density at radius 2 is 1.88 bits per heavy atom. The van der Waals surface area contributed by atoms with Crippen LogP contribution in [-0.4, -0.2) is 56.0 Å². The van der Waals surface area contributed by atoms with Crippen LogP contribution in [0.4, 0.5) is 14.5 Å². The molecule has 0 spiro atoms. The van der Waals surface area contributed by atoms with E-state index in [9.17, 15) is 13.9 Å². The van der Waals surface area contributed by atoms with Crippen LogP contribution in [-0.2, 0) is 0 Å². The molecule has 176 valence electrons. The van der Waals surface area contributed by atoms with Crippen molar-refractivity contribution in [3.8, 4) is 5.75 Å². The maximum atomic E-state index is 13.5. The average molecular weight is 560 g/mol. The first-order valence-corrected chi connectivity index (χ1v) is 10.6. The number of nitrogens with one attached hydrogen (secondary N) is 2. The first kappa shape index (κ1) is 26.1. The van der Waals surface area contributed by atoms with Crippen molar-refractivity contribution in [2.75, 3.05) is 37.7 Å². The number of guanidine groups is 1. The van der Waals surface area contributed by atoms with Gasteiger partial charge in [-0.3, -0.25) is 4.99 Å². The molecule has 2 aromatic carbocycles. The monoisotopic (exact) mass is 560 g/mol. The van der Waals surface area contributed by atoms with Crippen molar-refractivity contribution in [2.24, 2.45) is 4.99 Å². The lowest BCUT2D eigenvalue weighted by Gasteiger charge is -2.34. The smallest absolute Gasteiger partial charge is 0.191 e. The normalized spacial score (nSPS) is 15.6. The number of halogens is 3. The molecule has 32 heavy (non-hydrogen) atoms. The van der Waals surface area contributed by atoms with Gasteiger partial charge in [0.15, 0.2) is 5.96 Å². The molecule has 6 nitrogen and oxygen atoms in total. The Kier molecular flexibility index (Phi) is 10.9. The van der Waals surface area contributed by atoms with Crippen LogP contribution in [0.1, 0.15) is 19.8 Å². The third kappa shape index (κ3) is 8.42. The molecule has 1 atom stereocenters. The highest BCUT2D eigenvalue weighted by Crippen LogP contribution is 2.20. The molecule has 0 aromatic heterocycles. The fourth-order valence-corrected chi connectivity index (χ4v) is 3.44. The van der Waals surface area contributed by atoms with Crippen LogP contribution in [0, 0.1) is 11.6 Å². The van der Waals surface area contributed by atoms with Gasteiger partial charge in [-0.15, -0.1) is 24.0 Å². The van der Waals surface area contributed by atoms with Gasteiger partial charge in [-0.25, -0.2) is 8.78 Å². The van der Waals surface area contributed by atoms with Crippen LogP contribution in [0.3, 0.4) is 0 Å². The zero-order chi connectivity index (χ0) is 22.1. The van der Waals surface area contributed by atoms with Crippen molar-refractivity contribution in [2.45, 2.75) is 31.9 Å². The van der Waals surface area contributed by atoms with Gasteiger partial charge in [0.05, 0.1) is 6.54 Å². The highest BCUT2D eigenvalue weighted by Gasteiger charge is 2.20. The highest BCUT2D eigenvalue weighted by atomic mass is 127. The molecule has 1 fully saturated rings. The molecule has 0 saturated carbocycles. The average Bonchev–Trinajstić information content (AvgIpc) is 2.78. The number of hydrogen-bond donors (Lipinski definition) is 3. The van der Waals surface area contributed by atoms with E-state index in [0.29, 0.717) is 18.3 Å². The topological polar surface area (TPSA) is 69.1 Å². The Balaban J connectivity index is 0.00000363. The van der Waals surface area contributed by atoms with E-state index in [1.807, 2.05) is 13.0 Å². The van der Waals surface area contributed by atoms with Crippen LogP contribution in [0.15, 0.2) is 53.5 Å². The number of ether oxygens (including phenoxy) is 1. The van der Waals surface area contributed by atoms with E-state index in [-0.39, 0.29) is 54.8 Å². The lowest BCUT2D eigenvalue weighted by molar-refractivity contribution is 0.114. The summed E-state index contributed by atoms with van der Waals surface area (Å²) in [6, 6.07) is 12.6. The van der Waals surface area contributed by atoms with E-state index < -0.39 is 6.10 Å². The molecule has 0 radical (unpaired) electrons. The first-order valence-electron chi connectivity index (χ1n) is 10.6. The van der Waals surface area contributed by atoms with Crippen molar-refractivity contribution >= 4 is 35.6 Å². The second kappa shape index (κ2) is 13.4. The summed E-state index contributed by atoms with van der Waals surface area (Å²) in [4.78, 5) is 6.65. The van der Waals surface area contributed by atoms with Crippen molar-refractivity contribution in [3.05, 3.63) is 60.2 Å². The molecule has 1 saturated heterocycles. The fourth-order valence-electron chi connectivity index (χ4n) is 3.44. The fraction of sp³-hybridized carbons (Fsp3) is 0.435. The van der Waals surface area contributed by atoms with Gasteiger partial charge in [0.25, 0.3) is 0 Å². The number of piperidine rings is 1. The molecule has 3 N–H and O–H groups in total. The van der Waals surface area contributed by atoms with Gasteiger partial charge in [-0.05, 0) is 62.2 Å². The van der Waals surface area contributed by atoms with Gasteiger partial charge in [0.1, 0.15) is 30.1 Å². The van der Waals surface area contributed by atoms with Gasteiger partial charge < -0.3 is 25.4 Å². The number of hydrogen-bond acceptors (Lipinski definition) is 4. The van der Waals surface area contributed by atoms with E-state index >= 15 is 0 Å². The largest absolute Gasteiger partial charge is 0.491 e. The summed E-state index contributed by atoms with van der Waals surface area (Å²) >= 11 is 0. The second-order valence-corrected chi connectivity index (χ2v) is 7.52. The first-order chi connectivity index (χ1) is 15.0. The van der Waals surface area contributed by atoms with Crippen molar-refractivity contribution in [3.63, 3.8) is 0 Å². The van der Waals surface area contributed by atoms with E-state index in [0.717, 1.165) is 31.6 Å². The maximum absolute atomic E-state index is 13.5. The van der Waals surface area contributed by atoms with Gasteiger partial charge in [0.2, 0.25) is 0 Å². The van der Waals surface area contributed by atoms with Gasteiger partial charge in [-0.1, -0.05) is 6.07 Å². The number of nitrogens with zero attached hydrogens (tertiary/aromatic N) is 2. The number of aliphatic imine (C=N–C) groups is 1. The van der Waals surface area contributed by atoms with Crippen LogP contribution in [0.5, 0.6) is 5.75 Å². The second-order valence-electron chi connectivity index (χ2n) is 7.52. The van der Waals surface area contributed by atoms with Gasteiger partial charge in [-0.2, -0.15) is 0 Å². The molecular weight excluding hydrogens is 529 g/mol. The van der Waals surface area contributed by atoms with E-state index in [2.05, 4.69) is 20.5 Å². The number of benzene rings is 2. The Morgan fingerprint density at radius 3 is 2.53 bits per heavy atom. The Morgan fingerprint density at radius 1 is 1.16 bits per heavy atom. The molecule has 1 aliphatic heterocycles. The van der Waals surface area contributed by atoms with Gasteiger partial charge in [0, 0.05) is 31.4 Å². The molecule has 0 aliphatic carbocycles. The SMILES string of the molecule is CCNC(=NCC(O)COc1ccc(F)cc1)NC1CCN(c2cccc(F)c2)CC1.I. The number of aliphatic hydroxyl groups is 1. The van der Waals surface area contributed by atoms with Crippen molar-refractivity contribution in [1.29, 1.82) is 0 Å². The van der Waals surface area contributed by atoms with Gasteiger partial charge >= 0.3 is 0 Å². The van der Waals surface area contributed by atoms with E-state index in [1.165, 1.54) is 30.3 Å². The minimum absolute atomic E-state index is 0. The Hall–Kier alpha value is -2.14. The summed E-state index contributed by atoms with van der Waals surface area (Å²) in [5, 5.41) is 16.8. The minimum atomic E-state index is -0.782. The summed E-state index contributed by atoms with van der Waals surface area (Å²) in [6.45, 7) is 4.59. The molecule has 0 bridgehead atoms. The molecule has 0 amide bonds. The lowest BCUT2D eigenvalue weighted by atomic mass is 10.0. The van der Waals surface area contributed by atoms with Crippen molar-refractivity contribution in [1.82, 2.24) is 10.6 Å². The summed E-state index contributed by atoms with van der Waals surface area (Å²) in [5.74, 6) is 0.592. The molecule has 2 aromatic rings. The van der Waals surface area contributed by atoms with Crippen LogP contribution in [0.25, 0.3) is 0 Å². The predicted molar refractivity (Wildman–Crippen MR) is 134 cm³/mol. The Labute approximate surface area is 205 Å². The zero-order valence-corrected chi connectivity index (χ0v) is 20.5. The third-order valence-corrected chi connectivity index (χ3v) is 5.07. The molecule has 1 heterocycles. The maximum Gasteiger partial charge on any atom is 0.191 e. The van der Waals surface area contributed by atoms with Crippen LogP contribution in [0.2, 0.25) is 0 Å². The molecule has 1 unspecified atom stereocenters. The summed E-state index contributed by atoms with van der Waals surface area (Å²) in [7, 11) is 0. The Bertz CT molecular complexity index is 846. The third-order valence-electron chi connectivity index (χ3n) is 5.07. The highest BCUT2D eigenvalue weighted by molar-refractivity contribution is 14.0. The standard InChI is InChI=1S/C23H30F2N4O2.HI/c1-2-26-23(27-15-21(30)16-31-22-8-6-17(24)7-9-22)28-19-10-12-29(13-11-19)20-5-3-4-18(25)14-20;/h3-9,14,19,21,30H,2,10-13,15-16H2,1H3,(H2,26,27,28);1H. The van der Waals surface area contributed by atoms with Crippen LogP contribution < -0.4 is 20.3 Å². The van der Waals surface area contributed by atoms with E-state index in [1.54, 1.807) is 12.1 Å². The summed E-state index contributed by atoms with van der Waals surface area (Å²) in [5.41, 5.74) is 0.906. The minimum Gasteiger partial charge on any atom is -0.491 e. The number of rotatable bonds is 8. The summed E-state index contributed by atoms with van der Waals surface area (Å²) in [6.07, 6.45) is 1.02. The molecule has 1 aliphatic rings. The van der Waals surface area contributed by atoms with Crippen molar-refractivity contribution < 1.29 is 18.6 Å².